The van der Waals surface area contributed by atoms with Crippen molar-refractivity contribution in [3.63, 3.8) is 0 Å². The van der Waals surface area contributed by atoms with Crippen LogP contribution in [0, 0.1) is 0 Å². The Balaban J connectivity index is 1.75. The first-order valence-corrected chi connectivity index (χ1v) is 7.35. The molecule has 0 radical (unpaired) electrons. The summed E-state index contributed by atoms with van der Waals surface area (Å²) in [4.78, 5) is 0. The molecule has 21 heavy (non-hydrogen) atoms. The molecule has 0 aromatic heterocycles. The third-order valence-electron chi connectivity index (χ3n) is 4.09. The zero-order valence-corrected chi connectivity index (χ0v) is 11.8. The Kier molecular flexibility index (Phi) is 2.93. The van der Waals surface area contributed by atoms with Gasteiger partial charge in [0.1, 0.15) is 0 Å². The second kappa shape index (κ2) is 5.06. The SMILES string of the molecule is C1=CC/C(=C2\C=CC(c3ccc4ccccc4c3)=C2)C=C1. The molecule has 100 valence electrons. The van der Waals surface area contributed by atoms with Crippen LogP contribution >= 0.6 is 0 Å². The molecule has 0 fully saturated rings. The van der Waals surface area contributed by atoms with Gasteiger partial charge >= 0.3 is 0 Å². The molecule has 0 bridgehead atoms. The summed E-state index contributed by atoms with van der Waals surface area (Å²) >= 11 is 0. The van der Waals surface area contributed by atoms with E-state index in [-0.39, 0.29) is 0 Å². The molecule has 0 heterocycles. The van der Waals surface area contributed by atoms with Crippen LogP contribution in [0.1, 0.15) is 12.0 Å². The van der Waals surface area contributed by atoms with E-state index in [0.717, 1.165) is 6.42 Å². The average Bonchev–Trinajstić information content (AvgIpc) is 3.05. The van der Waals surface area contributed by atoms with Crippen molar-refractivity contribution in [1.29, 1.82) is 0 Å². The van der Waals surface area contributed by atoms with E-state index in [1.807, 2.05) is 0 Å². The Bertz CT molecular complexity index is 854. The molecule has 0 N–H and O–H groups in total. The quantitative estimate of drug-likeness (QED) is 0.631. The van der Waals surface area contributed by atoms with E-state index in [4.69, 9.17) is 0 Å². The lowest BCUT2D eigenvalue weighted by molar-refractivity contribution is 1.24. The summed E-state index contributed by atoms with van der Waals surface area (Å²) in [6.07, 6.45) is 16.4. The topological polar surface area (TPSA) is 0 Å². The highest BCUT2D eigenvalue weighted by Gasteiger charge is 2.09. The normalized spacial score (nSPS) is 20.3. The van der Waals surface area contributed by atoms with Gasteiger partial charge in [-0.2, -0.15) is 0 Å². The number of benzene rings is 2. The maximum Gasteiger partial charge on any atom is -0.00884 e. The Morgan fingerprint density at radius 1 is 0.762 bits per heavy atom. The van der Waals surface area contributed by atoms with Gasteiger partial charge in [0.15, 0.2) is 0 Å². The Hall–Kier alpha value is -2.60. The minimum absolute atomic E-state index is 1.03. The molecule has 0 aliphatic heterocycles. The molecule has 0 heteroatoms. The van der Waals surface area contributed by atoms with E-state index in [1.165, 1.54) is 33.1 Å². The molecule has 0 saturated carbocycles. The van der Waals surface area contributed by atoms with Crippen LogP contribution in [0.3, 0.4) is 0 Å². The summed E-state index contributed by atoms with van der Waals surface area (Å²) < 4.78 is 0. The van der Waals surface area contributed by atoms with Crippen LogP contribution in [-0.4, -0.2) is 0 Å². The first kappa shape index (κ1) is 12.2. The maximum absolute atomic E-state index is 2.29. The molecular weight excluding hydrogens is 252 g/mol. The van der Waals surface area contributed by atoms with Crippen molar-refractivity contribution in [3.05, 3.63) is 102 Å². The molecule has 0 spiro atoms. The van der Waals surface area contributed by atoms with E-state index >= 15 is 0 Å². The van der Waals surface area contributed by atoms with Crippen LogP contribution in [-0.2, 0) is 0 Å². The molecule has 0 atom stereocenters. The highest BCUT2D eigenvalue weighted by atomic mass is 14.1. The van der Waals surface area contributed by atoms with Crippen LogP contribution in [0.15, 0.2) is 96.1 Å². The van der Waals surface area contributed by atoms with E-state index in [9.17, 15) is 0 Å². The third-order valence-corrected chi connectivity index (χ3v) is 4.09. The summed E-state index contributed by atoms with van der Waals surface area (Å²) in [5.41, 5.74) is 5.31. The second-order valence-corrected chi connectivity index (χ2v) is 5.47. The lowest BCUT2D eigenvalue weighted by atomic mass is 10.00. The molecule has 0 amide bonds. The molecule has 0 unspecified atom stereocenters. The summed E-state index contributed by atoms with van der Waals surface area (Å²) in [5, 5.41) is 2.59. The van der Waals surface area contributed by atoms with Crippen molar-refractivity contribution in [1.82, 2.24) is 0 Å². The van der Waals surface area contributed by atoms with Gasteiger partial charge in [-0.3, -0.25) is 0 Å². The lowest BCUT2D eigenvalue weighted by Gasteiger charge is -2.05. The van der Waals surface area contributed by atoms with Crippen LogP contribution in [0.25, 0.3) is 16.3 Å². The summed E-state index contributed by atoms with van der Waals surface area (Å²) in [6.45, 7) is 0. The summed E-state index contributed by atoms with van der Waals surface area (Å²) in [6, 6.07) is 15.2. The zero-order chi connectivity index (χ0) is 14.1. The molecule has 0 nitrogen and oxygen atoms in total. The first-order valence-electron chi connectivity index (χ1n) is 7.35. The average molecular weight is 268 g/mol. The highest BCUT2D eigenvalue weighted by molar-refractivity contribution is 5.90. The zero-order valence-electron chi connectivity index (χ0n) is 11.8. The Morgan fingerprint density at radius 3 is 2.52 bits per heavy atom. The minimum Gasteiger partial charge on any atom is -0.0801 e. The van der Waals surface area contributed by atoms with Crippen LogP contribution in [0.5, 0.6) is 0 Å². The molecule has 2 aromatic rings. The van der Waals surface area contributed by atoms with Gasteiger partial charge in [0.05, 0.1) is 0 Å². The Labute approximate surface area is 125 Å². The van der Waals surface area contributed by atoms with Gasteiger partial charge in [0.25, 0.3) is 0 Å². The molecule has 2 aromatic carbocycles. The fraction of sp³-hybridized carbons (Fsp3) is 0.0476. The van der Waals surface area contributed by atoms with Gasteiger partial charge in [-0.1, -0.05) is 72.9 Å². The number of allylic oxidation sites excluding steroid dienone is 10. The number of rotatable bonds is 1. The van der Waals surface area contributed by atoms with Crippen LogP contribution in [0.2, 0.25) is 0 Å². The van der Waals surface area contributed by atoms with Crippen molar-refractivity contribution in [2.45, 2.75) is 6.42 Å². The van der Waals surface area contributed by atoms with Crippen molar-refractivity contribution in [2.24, 2.45) is 0 Å². The monoisotopic (exact) mass is 268 g/mol. The largest absolute Gasteiger partial charge is 0.0801 e. The maximum atomic E-state index is 2.29. The fourth-order valence-corrected chi connectivity index (χ4v) is 2.92. The predicted octanol–water partition coefficient (Wildman–Crippen LogP) is 5.61. The van der Waals surface area contributed by atoms with Crippen molar-refractivity contribution in [3.8, 4) is 0 Å². The number of hydrogen-bond acceptors (Lipinski definition) is 0. The van der Waals surface area contributed by atoms with E-state index in [2.05, 4.69) is 85.0 Å². The van der Waals surface area contributed by atoms with Gasteiger partial charge in [-0.15, -0.1) is 0 Å². The van der Waals surface area contributed by atoms with Crippen molar-refractivity contribution >= 4 is 16.3 Å². The lowest BCUT2D eigenvalue weighted by Crippen LogP contribution is -1.85. The molecule has 2 aliphatic rings. The first-order chi connectivity index (χ1) is 10.4. The van der Waals surface area contributed by atoms with Gasteiger partial charge in [-0.05, 0) is 51.6 Å². The van der Waals surface area contributed by atoms with Crippen molar-refractivity contribution in [2.75, 3.05) is 0 Å². The van der Waals surface area contributed by atoms with Gasteiger partial charge < -0.3 is 0 Å². The molecular formula is C21H16. The van der Waals surface area contributed by atoms with Gasteiger partial charge in [0, 0.05) is 0 Å². The summed E-state index contributed by atoms with van der Waals surface area (Å²) in [5.74, 6) is 0. The van der Waals surface area contributed by atoms with E-state index < -0.39 is 0 Å². The smallest absolute Gasteiger partial charge is 0.00884 e. The van der Waals surface area contributed by atoms with Crippen molar-refractivity contribution < 1.29 is 0 Å². The molecule has 0 saturated heterocycles. The molecule has 2 aliphatic carbocycles. The van der Waals surface area contributed by atoms with E-state index in [0.29, 0.717) is 0 Å². The minimum atomic E-state index is 1.03. The molecule has 4 rings (SSSR count). The second-order valence-electron chi connectivity index (χ2n) is 5.47. The van der Waals surface area contributed by atoms with Gasteiger partial charge in [0.2, 0.25) is 0 Å². The highest BCUT2D eigenvalue weighted by Crippen LogP contribution is 2.30. The van der Waals surface area contributed by atoms with Crippen LogP contribution < -0.4 is 0 Å². The van der Waals surface area contributed by atoms with Crippen LogP contribution in [0.4, 0.5) is 0 Å². The predicted molar refractivity (Wildman–Crippen MR) is 91.0 cm³/mol. The number of fused-ring (bicyclic) bond motifs is 1. The number of hydrogen-bond donors (Lipinski definition) is 0. The fourth-order valence-electron chi connectivity index (χ4n) is 2.92. The Morgan fingerprint density at radius 2 is 1.67 bits per heavy atom. The van der Waals surface area contributed by atoms with E-state index in [1.54, 1.807) is 0 Å². The standard InChI is InChI=1S/C21H16/c1-2-6-16(7-3-1)19-12-13-21(15-19)20-11-10-17-8-4-5-9-18(17)14-20/h1-6,8-15H,7H2/b19-16+. The van der Waals surface area contributed by atoms with Gasteiger partial charge in [-0.25, -0.2) is 0 Å². The summed E-state index contributed by atoms with van der Waals surface area (Å²) in [7, 11) is 0. The third kappa shape index (κ3) is 2.30.